The molecule has 0 amide bonds. The Morgan fingerprint density at radius 1 is 1.16 bits per heavy atom. The number of hydrogen-bond acceptors (Lipinski definition) is 4. The normalized spacial score (nSPS) is 11.4. The number of guanidine groups is 1. The summed E-state index contributed by atoms with van der Waals surface area (Å²) >= 11 is 1.73. The number of aryl methyl sites for hydroxylation is 1. The average Bonchev–Trinajstić information content (AvgIpc) is 3.14. The molecule has 0 aliphatic rings. The molecule has 0 aliphatic heterocycles. The second-order valence-corrected chi connectivity index (χ2v) is 6.55. The van der Waals surface area contributed by atoms with Crippen molar-refractivity contribution in [3.8, 4) is 5.75 Å². The smallest absolute Gasteiger partial charge is 0.191 e. The van der Waals surface area contributed by atoms with Gasteiger partial charge >= 0.3 is 0 Å². The first kappa shape index (κ1) is 19.3. The lowest BCUT2D eigenvalue weighted by atomic mass is 10.1. The van der Waals surface area contributed by atoms with E-state index in [1.54, 1.807) is 18.4 Å². The van der Waals surface area contributed by atoms with Crippen molar-refractivity contribution in [3.05, 3.63) is 51.7 Å². The predicted octanol–water partition coefficient (Wildman–Crippen LogP) is 3.34. The van der Waals surface area contributed by atoms with Crippen molar-refractivity contribution in [1.82, 2.24) is 10.6 Å². The van der Waals surface area contributed by atoms with E-state index in [1.807, 2.05) is 6.92 Å². The Labute approximate surface area is 154 Å². The quantitative estimate of drug-likeness (QED) is 0.409. The van der Waals surface area contributed by atoms with Crippen molar-refractivity contribution in [2.45, 2.75) is 26.9 Å². The molecule has 2 N–H and O–H groups in total. The van der Waals surface area contributed by atoms with Crippen molar-refractivity contribution in [1.29, 1.82) is 0 Å². The van der Waals surface area contributed by atoms with Crippen LogP contribution in [0.5, 0.6) is 5.75 Å². The molecule has 0 unspecified atom stereocenters. The monoisotopic (exact) mass is 361 g/mol. The summed E-state index contributed by atoms with van der Waals surface area (Å²) in [6.07, 6.45) is 0. The van der Waals surface area contributed by atoms with Gasteiger partial charge in [-0.15, -0.1) is 11.3 Å². The summed E-state index contributed by atoms with van der Waals surface area (Å²) in [7, 11) is 1.78. The third-order valence-electron chi connectivity index (χ3n) is 3.59. The molecule has 1 aromatic heterocycles. The van der Waals surface area contributed by atoms with Crippen LogP contribution in [-0.2, 0) is 17.8 Å². The van der Waals surface area contributed by atoms with Gasteiger partial charge in [0.15, 0.2) is 5.96 Å². The van der Waals surface area contributed by atoms with E-state index in [0.717, 1.165) is 23.8 Å². The minimum absolute atomic E-state index is 0.551. The Morgan fingerprint density at radius 2 is 2.00 bits per heavy atom. The van der Waals surface area contributed by atoms with Crippen LogP contribution in [0.15, 0.2) is 40.7 Å². The highest BCUT2D eigenvalue weighted by Crippen LogP contribution is 2.20. The molecule has 6 heteroatoms. The van der Waals surface area contributed by atoms with Crippen LogP contribution in [0.2, 0.25) is 0 Å². The molecule has 0 spiro atoms. The van der Waals surface area contributed by atoms with Crippen LogP contribution in [0, 0.1) is 6.92 Å². The van der Waals surface area contributed by atoms with E-state index in [9.17, 15) is 0 Å². The summed E-state index contributed by atoms with van der Waals surface area (Å²) in [6.45, 7) is 7.32. The lowest BCUT2D eigenvalue weighted by Crippen LogP contribution is -2.36. The van der Waals surface area contributed by atoms with Crippen LogP contribution in [0.25, 0.3) is 0 Å². The standard InChI is InChI=1S/C19H27N3O2S/c1-4-23-9-10-24-18-12-15(2)7-8-16(18)13-21-19(20-3)22-14-17-6-5-11-25-17/h5-8,11-12H,4,9-10,13-14H2,1-3H3,(H2,20,21,22). The molecule has 2 aromatic rings. The van der Waals surface area contributed by atoms with Crippen molar-refractivity contribution in [2.75, 3.05) is 26.9 Å². The lowest BCUT2D eigenvalue weighted by Gasteiger charge is -2.15. The highest BCUT2D eigenvalue weighted by atomic mass is 32.1. The Kier molecular flexibility index (Phi) is 8.28. The van der Waals surface area contributed by atoms with Crippen LogP contribution < -0.4 is 15.4 Å². The maximum Gasteiger partial charge on any atom is 0.191 e. The first-order chi connectivity index (χ1) is 12.2. The number of benzene rings is 1. The summed E-state index contributed by atoms with van der Waals surface area (Å²) in [6, 6.07) is 10.4. The largest absolute Gasteiger partial charge is 0.491 e. The van der Waals surface area contributed by atoms with E-state index in [0.29, 0.717) is 26.4 Å². The fourth-order valence-electron chi connectivity index (χ4n) is 2.28. The summed E-state index contributed by atoms with van der Waals surface area (Å²) < 4.78 is 11.2. The fraction of sp³-hybridized carbons (Fsp3) is 0.421. The summed E-state index contributed by atoms with van der Waals surface area (Å²) in [5.41, 5.74) is 2.27. The van der Waals surface area contributed by atoms with Gasteiger partial charge in [0.2, 0.25) is 0 Å². The van der Waals surface area contributed by atoms with Crippen LogP contribution in [0.4, 0.5) is 0 Å². The summed E-state index contributed by atoms with van der Waals surface area (Å²) in [4.78, 5) is 5.55. The van der Waals surface area contributed by atoms with Crippen molar-refractivity contribution >= 4 is 17.3 Å². The third kappa shape index (κ3) is 6.76. The van der Waals surface area contributed by atoms with Gasteiger partial charge in [-0.05, 0) is 36.9 Å². The van der Waals surface area contributed by atoms with Gasteiger partial charge in [0.1, 0.15) is 12.4 Å². The maximum atomic E-state index is 5.88. The number of rotatable bonds is 9. The minimum Gasteiger partial charge on any atom is -0.491 e. The molecule has 1 aromatic carbocycles. The number of nitrogens with zero attached hydrogens (tertiary/aromatic N) is 1. The molecule has 0 aliphatic carbocycles. The molecule has 0 fully saturated rings. The molecule has 136 valence electrons. The molecular formula is C19H27N3O2S. The summed E-state index contributed by atoms with van der Waals surface area (Å²) in [5, 5.41) is 8.74. The first-order valence-electron chi connectivity index (χ1n) is 8.50. The number of nitrogens with one attached hydrogen (secondary N) is 2. The SMILES string of the molecule is CCOCCOc1cc(C)ccc1CNC(=NC)NCc1cccs1. The number of hydrogen-bond donors (Lipinski definition) is 2. The van der Waals surface area contributed by atoms with E-state index in [2.05, 4.69) is 58.3 Å². The highest BCUT2D eigenvalue weighted by Gasteiger charge is 2.06. The van der Waals surface area contributed by atoms with E-state index in [4.69, 9.17) is 9.47 Å². The number of ether oxygens (including phenoxy) is 2. The molecule has 0 atom stereocenters. The minimum atomic E-state index is 0.551. The molecule has 0 saturated heterocycles. The molecule has 0 radical (unpaired) electrons. The van der Waals surface area contributed by atoms with Gasteiger partial charge in [0.05, 0.1) is 13.2 Å². The summed E-state index contributed by atoms with van der Waals surface area (Å²) in [5.74, 6) is 1.66. The topological polar surface area (TPSA) is 54.9 Å². The molecule has 5 nitrogen and oxygen atoms in total. The number of aliphatic imine (C=N–C) groups is 1. The predicted molar refractivity (Wildman–Crippen MR) is 105 cm³/mol. The van der Waals surface area contributed by atoms with Crippen LogP contribution >= 0.6 is 11.3 Å². The van der Waals surface area contributed by atoms with Crippen LogP contribution in [0.1, 0.15) is 22.9 Å². The highest BCUT2D eigenvalue weighted by molar-refractivity contribution is 7.09. The Balaban J connectivity index is 1.89. The van der Waals surface area contributed by atoms with Crippen molar-refractivity contribution in [2.24, 2.45) is 4.99 Å². The molecule has 1 heterocycles. The van der Waals surface area contributed by atoms with E-state index >= 15 is 0 Å². The van der Waals surface area contributed by atoms with E-state index in [1.165, 1.54) is 10.4 Å². The molecule has 0 bridgehead atoms. The van der Waals surface area contributed by atoms with Gasteiger partial charge in [-0.3, -0.25) is 4.99 Å². The molecule has 25 heavy (non-hydrogen) atoms. The lowest BCUT2D eigenvalue weighted by molar-refractivity contribution is 0.110. The van der Waals surface area contributed by atoms with Gasteiger partial charge in [0.25, 0.3) is 0 Å². The zero-order chi connectivity index (χ0) is 17.9. The Morgan fingerprint density at radius 3 is 2.72 bits per heavy atom. The fourth-order valence-corrected chi connectivity index (χ4v) is 2.93. The second kappa shape index (κ2) is 10.7. The van der Waals surface area contributed by atoms with Gasteiger partial charge in [0, 0.05) is 30.6 Å². The zero-order valence-corrected chi connectivity index (χ0v) is 16.0. The van der Waals surface area contributed by atoms with Crippen molar-refractivity contribution < 1.29 is 9.47 Å². The van der Waals surface area contributed by atoms with Crippen LogP contribution in [-0.4, -0.2) is 32.8 Å². The van der Waals surface area contributed by atoms with E-state index in [-0.39, 0.29) is 0 Å². The van der Waals surface area contributed by atoms with Gasteiger partial charge in [-0.1, -0.05) is 18.2 Å². The second-order valence-electron chi connectivity index (χ2n) is 5.52. The molecule has 2 rings (SSSR count). The van der Waals surface area contributed by atoms with Gasteiger partial charge < -0.3 is 20.1 Å². The average molecular weight is 362 g/mol. The zero-order valence-electron chi connectivity index (χ0n) is 15.2. The van der Waals surface area contributed by atoms with E-state index < -0.39 is 0 Å². The Bertz CT molecular complexity index is 657. The third-order valence-corrected chi connectivity index (χ3v) is 4.47. The van der Waals surface area contributed by atoms with Crippen molar-refractivity contribution in [3.63, 3.8) is 0 Å². The van der Waals surface area contributed by atoms with Crippen LogP contribution in [0.3, 0.4) is 0 Å². The maximum absolute atomic E-state index is 5.88. The van der Waals surface area contributed by atoms with Gasteiger partial charge in [-0.25, -0.2) is 0 Å². The number of thiophene rings is 1. The molecule has 0 saturated carbocycles. The Hall–Kier alpha value is -2.05. The van der Waals surface area contributed by atoms with Gasteiger partial charge in [-0.2, -0.15) is 0 Å². The first-order valence-corrected chi connectivity index (χ1v) is 9.38. The molecular weight excluding hydrogens is 334 g/mol.